The zero-order valence-corrected chi connectivity index (χ0v) is 16.5. The molecule has 0 fully saturated rings. The summed E-state index contributed by atoms with van der Waals surface area (Å²) in [6, 6.07) is 21.7. The van der Waals surface area contributed by atoms with Gasteiger partial charge in [0.25, 0.3) is 5.69 Å². The molecule has 3 aromatic carbocycles. The van der Waals surface area contributed by atoms with E-state index in [0.717, 1.165) is 11.6 Å². The third kappa shape index (κ3) is 6.37. The SMILES string of the molecule is O=C(/C=C/c1cccc([N+](=O)[O-])c1)Oc1ccccc1C(=O)OCCc1ccccc1. The summed E-state index contributed by atoms with van der Waals surface area (Å²) < 4.78 is 10.6. The van der Waals surface area contributed by atoms with Crippen LogP contribution in [0.1, 0.15) is 21.5 Å². The number of nitrogens with zero attached hydrogens (tertiary/aromatic N) is 1. The number of rotatable bonds is 8. The summed E-state index contributed by atoms with van der Waals surface area (Å²) in [6.07, 6.45) is 3.10. The van der Waals surface area contributed by atoms with Gasteiger partial charge in [0.05, 0.1) is 11.5 Å². The maximum Gasteiger partial charge on any atom is 0.341 e. The number of hydrogen-bond donors (Lipinski definition) is 0. The zero-order valence-electron chi connectivity index (χ0n) is 16.5. The Morgan fingerprint density at radius 3 is 2.45 bits per heavy atom. The van der Waals surface area contributed by atoms with Crippen molar-refractivity contribution in [1.29, 1.82) is 0 Å². The minimum absolute atomic E-state index is 0.0703. The number of carbonyl (C=O) groups excluding carboxylic acids is 2. The predicted molar refractivity (Wildman–Crippen MR) is 115 cm³/mol. The minimum Gasteiger partial charge on any atom is -0.462 e. The predicted octanol–water partition coefficient (Wildman–Crippen LogP) is 4.61. The van der Waals surface area contributed by atoms with Gasteiger partial charge in [-0.15, -0.1) is 0 Å². The summed E-state index contributed by atoms with van der Waals surface area (Å²) in [5.41, 5.74) is 1.56. The molecule has 0 aliphatic rings. The number of ether oxygens (including phenoxy) is 2. The van der Waals surface area contributed by atoms with Crippen LogP contribution in [0.3, 0.4) is 0 Å². The Labute approximate surface area is 178 Å². The Morgan fingerprint density at radius 2 is 1.68 bits per heavy atom. The average Bonchev–Trinajstić information content (AvgIpc) is 2.79. The molecule has 0 saturated heterocycles. The third-order valence-electron chi connectivity index (χ3n) is 4.28. The van der Waals surface area contributed by atoms with E-state index in [1.54, 1.807) is 18.2 Å². The van der Waals surface area contributed by atoms with Crippen molar-refractivity contribution in [3.05, 3.63) is 112 Å². The van der Waals surface area contributed by atoms with Crippen molar-refractivity contribution in [3.8, 4) is 5.75 Å². The zero-order chi connectivity index (χ0) is 22.1. The quantitative estimate of drug-likeness (QED) is 0.175. The lowest BCUT2D eigenvalue weighted by atomic mass is 10.1. The van der Waals surface area contributed by atoms with Gasteiger partial charge >= 0.3 is 11.9 Å². The van der Waals surface area contributed by atoms with Gasteiger partial charge < -0.3 is 9.47 Å². The molecule has 0 unspecified atom stereocenters. The lowest BCUT2D eigenvalue weighted by Crippen LogP contribution is -2.12. The highest BCUT2D eigenvalue weighted by molar-refractivity contribution is 5.95. The number of para-hydroxylation sites is 1. The number of hydrogen-bond acceptors (Lipinski definition) is 6. The van der Waals surface area contributed by atoms with Crippen LogP contribution in [-0.4, -0.2) is 23.5 Å². The van der Waals surface area contributed by atoms with Gasteiger partial charge in [-0.2, -0.15) is 0 Å². The molecule has 7 heteroatoms. The Kier molecular flexibility index (Phi) is 7.26. The molecule has 0 heterocycles. The van der Waals surface area contributed by atoms with Crippen LogP contribution in [0, 0.1) is 10.1 Å². The summed E-state index contributed by atoms with van der Waals surface area (Å²) in [6.45, 7) is 0.192. The molecule has 0 aliphatic heterocycles. The molecule has 3 aromatic rings. The summed E-state index contributed by atoms with van der Waals surface area (Å²) >= 11 is 0. The molecule has 0 N–H and O–H groups in total. The van der Waals surface area contributed by atoms with E-state index in [4.69, 9.17) is 9.47 Å². The largest absolute Gasteiger partial charge is 0.462 e. The van der Waals surface area contributed by atoms with Gasteiger partial charge in [0, 0.05) is 24.6 Å². The van der Waals surface area contributed by atoms with Gasteiger partial charge in [-0.1, -0.05) is 54.6 Å². The number of benzene rings is 3. The van der Waals surface area contributed by atoms with Crippen LogP contribution in [0.5, 0.6) is 5.75 Å². The second-order valence-electron chi connectivity index (χ2n) is 6.47. The lowest BCUT2D eigenvalue weighted by molar-refractivity contribution is -0.384. The van der Waals surface area contributed by atoms with E-state index in [0.29, 0.717) is 12.0 Å². The Morgan fingerprint density at radius 1 is 0.935 bits per heavy atom. The second kappa shape index (κ2) is 10.5. The minimum atomic E-state index is -0.726. The van der Waals surface area contributed by atoms with Crippen molar-refractivity contribution in [1.82, 2.24) is 0 Å². The molecule has 0 saturated carbocycles. The van der Waals surface area contributed by atoms with Crippen LogP contribution in [0.2, 0.25) is 0 Å². The van der Waals surface area contributed by atoms with Crippen LogP contribution in [0.4, 0.5) is 5.69 Å². The molecule has 156 valence electrons. The van der Waals surface area contributed by atoms with E-state index in [2.05, 4.69) is 0 Å². The maximum absolute atomic E-state index is 12.4. The fourth-order valence-corrected chi connectivity index (χ4v) is 2.76. The van der Waals surface area contributed by atoms with Crippen LogP contribution in [0.15, 0.2) is 84.9 Å². The molecular formula is C24H19NO6. The highest BCUT2D eigenvalue weighted by Crippen LogP contribution is 2.20. The number of esters is 2. The fourth-order valence-electron chi connectivity index (χ4n) is 2.76. The summed E-state index contributed by atoms with van der Waals surface area (Å²) in [5.74, 6) is -1.25. The van der Waals surface area contributed by atoms with Crippen molar-refractivity contribution < 1.29 is 24.0 Å². The first-order chi connectivity index (χ1) is 15.0. The Hall–Kier alpha value is -4.26. The van der Waals surface area contributed by atoms with E-state index >= 15 is 0 Å². The van der Waals surface area contributed by atoms with E-state index < -0.39 is 16.9 Å². The first-order valence-corrected chi connectivity index (χ1v) is 9.47. The summed E-state index contributed by atoms with van der Waals surface area (Å²) in [4.78, 5) is 34.9. The fraction of sp³-hybridized carbons (Fsp3) is 0.0833. The molecule has 0 aliphatic carbocycles. The highest BCUT2D eigenvalue weighted by Gasteiger charge is 2.15. The molecule has 7 nitrogen and oxygen atoms in total. The number of non-ortho nitro benzene ring substituents is 1. The van der Waals surface area contributed by atoms with Crippen LogP contribution < -0.4 is 4.74 Å². The molecule has 0 radical (unpaired) electrons. The van der Waals surface area contributed by atoms with Crippen LogP contribution in [-0.2, 0) is 16.0 Å². The van der Waals surface area contributed by atoms with Crippen molar-refractivity contribution >= 4 is 23.7 Å². The second-order valence-corrected chi connectivity index (χ2v) is 6.47. The van der Waals surface area contributed by atoms with E-state index in [1.807, 2.05) is 30.3 Å². The molecule has 0 bridgehead atoms. The van der Waals surface area contributed by atoms with Gasteiger partial charge in [0.2, 0.25) is 0 Å². The van der Waals surface area contributed by atoms with Gasteiger partial charge in [0.1, 0.15) is 11.3 Å². The molecule has 0 spiro atoms. The number of nitro groups is 1. The molecule has 31 heavy (non-hydrogen) atoms. The van der Waals surface area contributed by atoms with Gasteiger partial charge in [-0.25, -0.2) is 9.59 Å². The van der Waals surface area contributed by atoms with Crippen molar-refractivity contribution in [2.45, 2.75) is 6.42 Å². The van der Waals surface area contributed by atoms with E-state index in [1.165, 1.54) is 36.4 Å². The third-order valence-corrected chi connectivity index (χ3v) is 4.28. The van der Waals surface area contributed by atoms with Gasteiger partial charge in [-0.3, -0.25) is 10.1 Å². The Balaban J connectivity index is 1.61. The van der Waals surface area contributed by atoms with Gasteiger partial charge in [0.15, 0.2) is 0 Å². The molecule has 3 rings (SSSR count). The van der Waals surface area contributed by atoms with Crippen molar-refractivity contribution in [3.63, 3.8) is 0 Å². The molecule has 0 amide bonds. The topological polar surface area (TPSA) is 95.7 Å². The lowest BCUT2D eigenvalue weighted by Gasteiger charge is -2.09. The molecular weight excluding hydrogens is 398 g/mol. The standard InChI is InChI=1S/C24H19NO6/c26-23(14-13-19-9-6-10-20(17-19)25(28)29)31-22-12-5-4-11-21(22)24(27)30-16-15-18-7-2-1-3-8-18/h1-14,17H,15-16H2/b14-13+. The van der Waals surface area contributed by atoms with Gasteiger partial charge in [-0.05, 0) is 29.3 Å². The normalized spacial score (nSPS) is 10.6. The monoisotopic (exact) mass is 417 g/mol. The summed E-state index contributed by atoms with van der Waals surface area (Å²) in [5, 5.41) is 10.8. The number of carbonyl (C=O) groups is 2. The van der Waals surface area contributed by atoms with E-state index in [9.17, 15) is 19.7 Å². The highest BCUT2D eigenvalue weighted by atomic mass is 16.6. The van der Waals surface area contributed by atoms with Crippen molar-refractivity contribution in [2.24, 2.45) is 0 Å². The number of nitro benzene ring substituents is 1. The molecule has 0 aromatic heterocycles. The maximum atomic E-state index is 12.4. The van der Waals surface area contributed by atoms with Crippen molar-refractivity contribution in [2.75, 3.05) is 6.61 Å². The first-order valence-electron chi connectivity index (χ1n) is 9.47. The smallest absolute Gasteiger partial charge is 0.341 e. The molecule has 0 atom stereocenters. The summed E-state index contributed by atoms with van der Waals surface area (Å²) in [7, 11) is 0. The van der Waals surface area contributed by atoms with Crippen LogP contribution >= 0.6 is 0 Å². The average molecular weight is 417 g/mol. The van der Waals surface area contributed by atoms with E-state index in [-0.39, 0.29) is 23.6 Å². The van der Waals surface area contributed by atoms with Crippen LogP contribution in [0.25, 0.3) is 6.08 Å². The first kappa shape index (κ1) is 21.4. The Bertz CT molecular complexity index is 1110.